The molecule has 3 aromatic heterocycles. The van der Waals surface area contributed by atoms with Crippen LogP contribution in [0.2, 0.25) is 0 Å². The lowest BCUT2D eigenvalue weighted by molar-refractivity contribution is 0.0943. The molecule has 1 N–H and O–H groups in total. The molecule has 1 aliphatic heterocycles. The first-order chi connectivity index (χ1) is 12.7. The van der Waals surface area contributed by atoms with Gasteiger partial charge in [0.25, 0.3) is 5.91 Å². The topological polar surface area (TPSA) is 71.3 Å². The van der Waals surface area contributed by atoms with E-state index < -0.39 is 0 Å². The lowest BCUT2D eigenvalue weighted by atomic mass is 10.2. The van der Waals surface area contributed by atoms with Gasteiger partial charge in [0.2, 0.25) is 0 Å². The van der Waals surface area contributed by atoms with E-state index in [0.717, 1.165) is 41.0 Å². The van der Waals surface area contributed by atoms with Crippen LogP contribution in [0.3, 0.4) is 0 Å². The molecule has 3 aromatic rings. The second-order valence-electron chi connectivity index (χ2n) is 6.33. The van der Waals surface area contributed by atoms with Crippen LogP contribution in [-0.2, 0) is 6.54 Å². The van der Waals surface area contributed by atoms with Crippen molar-refractivity contribution in [2.45, 2.75) is 26.3 Å². The van der Waals surface area contributed by atoms with Gasteiger partial charge in [0.15, 0.2) is 0 Å². The van der Waals surface area contributed by atoms with Crippen LogP contribution >= 0.6 is 11.3 Å². The number of nitrogens with zero attached hydrogens (tertiary/aromatic N) is 3. The molecule has 0 atom stereocenters. The highest BCUT2D eigenvalue weighted by molar-refractivity contribution is 7.13. The first-order valence-electron chi connectivity index (χ1n) is 8.69. The molecule has 4 rings (SSSR count). The predicted molar refractivity (Wildman–Crippen MR) is 101 cm³/mol. The van der Waals surface area contributed by atoms with Crippen molar-refractivity contribution in [2.75, 3.05) is 18.0 Å². The fourth-order valence-corrected chi connectivity index (χ4v) is 3.82. The SMILES string of the molecule is Cc1ccc(CNC(=O)c2csc(-c3ccnc(N4CCCC4)c3)n2)o1. The number of anilines is 1. The number of furan rings is 1. The lowest BCUT2D eigenvalue weighted by Gasteiger charge is -2.16. The van der Waals surface area contributed by atoms with Gasteiger partial charge < -0.3 is 14.6 Å². The van der Waals surface area contributed by atoms with E-state index in [1.54, 1.807) is 5.38 Å². The molecular weight excluding hydrogens is 348 g/mol. The summed E-state index contributed by atoms with van der Waals surface area (Å²) in [5.74, 6) is 2.34. The maximum Gasteiger partial charge on any atom is 0.271 e. The van der Waals surface area contributed by atoms with Crippen LogP contribution in [0.25, 0.3) is 10.6 Å². The van der Waals surface area contributed by atoms with Gasteiger partial charge in [-0.05, 0) is 44.0 Å². The molecule has 0 radical (unpaired) electrons. The second kappa shape index (κ2) is 7.29. The maximum atomic E-state index is 12.3. The number of aryl methyl sites for hydroxylation is 1. The molecule has 0 saturated carbocycles. The number of nitrogens with one attached hydrogen (secondary N) is 1. The smallest absolute Gasteiger partial charge is 0.271 e. The third-order valence-electron chi connectivity index (χ3n) is 4.38. The summed E-state index contributed by atoms with van der Waals surface area (Å²) >= 11 is 1.47. The lowest BCUT2D eigenvalue weighted by Crippen LogP contribution is -2.22. The van der Waals surface area contributed by atoms with Crippen molar-refractivity contribution in [3.8, 4) is 10.6 Å². The van der Waals surface area contributed by atoms with Crippen molar-refractivity contribution >= 4 is 23.1 Å². The number of hydrogen-bond donors (Lipinski definition) is 1. The molecule has 0 aromatic carbocycles. The van der Waals surface area contributed by atoms with E-state index in [9.17, 15) is 4.79 Å². The Morgan fingerprint density at radius 1 is 1.31 bits per heavy atom. The van der Waals surface area contributed by atoms with Gasteiger partial charge >= 0.3 is 0 Å². The highest BCUT2D eigenvalue weighted by Gasteiger charge is 2.16. The van der Waals surface area contributed by atoms with Crippen molar-refractivity contribution < 1.29 is 9.21 Å². The molecule has 1 aliphatic rings. The number of carbonyl (C=O) groups is 1. The number of amides is 1. The largest absolute Gasteiger partial charge is 0.465 e. The number of rotatable bonds is 5. The van der Waals surface area contributed by atoms with E-state index in [1.165, 1.54) is 24.2 Å². The Labute approximate surface area is 155 Å². The highest BCUT2D eigenvalue weighted by atomic mass is 32.1. The Balaban J connectivity index is 1.45. The van der Waals surface area contributed by atoms with E-state index in [0.29, 0.717) is 12.2 Å². The van der Waals surface area contributed by atoms with Crippen LogP contribution in [0.1, 0.15) is 34.9 Å². The predicted octanol–water partition coefficient (Wildman–Crippen LogP) is 3.64. The average molecular weight is 368 g/mol. The van der Waals surface area contributed by atoms with E-state index >= 15 is 0 Å². The first kappa shape index (κ1) is 16.8. The zero-order valence-corrected chi connectivity index (χ0v) is 15.4. The van der Waals surface area contributed by atoms with E-state index in [1.807, 2.05) is 31.3 Å². The van der Waals surface area contributed by atoms with Crippen LogP contribution < -0.4 is 10.2 Å². The molecule has 0 spiro atoms. The third-order valence-corrected chi connectivity index (χ3v) is 5.27. The van der Waals surface area contributed by atoms with Crippen LogP contribution in [-0.4, -0.2) is 29.0 Å². The minimum Gasteiger partial charge on any atom is -0.465 e. The third kappa shape index (κ3) is 3.62. The highest BCUT2D eigenvalue weighted by Crippen LogP contribution is 2.27. The molecule has 7 heteroatoms. The van der Waals surface area contributed by atoms with E-state index in [4.69, 9.17) is 4.42 Å². The summed E-state index contributed by atoms with van der Waals surface area (Å²) in [5.41, 5.74) is 1.42. The number of hydrogen-bond acceptors (Lipinski definition) is 6. The summed E-state index contributed by atoms with van der Waals surface area (Å²) in [6.07, 6.45) is 4.23. The van der Waals surface area contributed by atoms with Crippen LogP contribution in [0.15, 0.2) is 40.3 Å². The fraction of sp³-hybridized carbons (Fsp3) is 0.316. The molecule has 1 amide bonds. The number of thiazole rings is 1. The van der Waals surface area contributed by atoms with Crippen molar-refractivity contribution in [1.29, 1.82) is 0 Å². The quantitative estimate of drug-likeness (QED) is 0.744. The Bertz CT molecular complexity index is 912. The zero-order chi connectivity index (χ0) is 17.9. The number of pyridine rings is 1. The molecule has 0 bridgehead atoms. The molecule has 1 saturated heterocycles. The zero-order valence-electron chi connectivity index (χ0n) is 14.6. The fourth-order valence-electron chi connectivity index (χ4n) is 3.02. The number of carbonyl (C=O) groups excluding carboxylic acids is 1. The van der Waals surface area contributed by atoms with Crippen molar-refractivity contribution in [1.82, 2.24) is 15.3 Å². The van der Waals surface area contributed by atoms with E-state index in [-0.39, 0.29) is 5.91 Å². The van der Waals surface area contributed by atoms with Crippen molar-refractivity contribution in [3.63, 3.8) is 0 Å². The summed E-state index contributed by atoms with van der Waals surface area (Å²) in [7, 11) is 0. The maximum absolute atomic E-state index is 12.3. The van der Waals surface area contributed by atoms with Crippen molar-refractivity contribution in [3.05, 3.63) is 53.1 Å². The second-order valence-corrected chi connectivity index (χ2v) is 7.19. The van der Waals surface area contributed by atoms with Gasteiger partial charge in [0.1, 0.15) is 28.0 Å². The Morgan fingerprint density at radius 2 is 2.15 bits per heavy atom. The number of aromatic nitrogens is 2. The van der Waals surface area contributed by atoms with Gasteiger partial charge in [-0.25, -0.2) is 9.97 Å². The van der Waals surface area contributed by atoms with Gasteiger partial charge in [0, 0.05) is 30.2 Å². The summed E-state index contributed by atoms with van der Waals surface area (Å²) in [5, 5.41) is 5.45. The van der Waals surface area contributed by atoms with Gasteiger partial charge in [0.05, 0.1) is 6.54 Å². The van der Waals surface area contributed by atoms with E-state index in [2.05, 4.69) is 26.3 Å². The van der Waals surface area contributed by atoms with Gasteiger partial charge in [-0.15, -0.1) is 11.3 Å². The van der Waals surface area contributed by atoms with Crippen LogP contribution in [0.4, 0.5) is 5.82 Å². The normalized spacial score (nSPS) is 14.0. The molecule has 1 fully saturated rings. The molecule has 26 heavy (non-hydrogen) atoms. The minimum absolute atomic E-state index is 0.199. The summed E-state index contributed by atoms with van der Waals surface area (Å²) < 4.78 is 5.46. The Kier molecular flexibility index (Phi) is 4.71. The average Bonchev–Trinajstić information content (AvgIpc) is 3.41. The Morgan fingerprint density at radius 3 is 2.92 bits per heavy atom. The first-order valence-corrected chi connectivity index (χ1v) is 9.57. The summed E-state index contributed by atoms with van der Waals surface area (Å²) in [4.78, 5) is 23.6. The molecular formula is C19H20N4O2S. The standard InChI is InChI=1S/C19H20N4O2S/c1-13-4-5-15(25-13)11-21-18(24)16-12-26-19(22-16)14-6-7-20-17(10-14)23-8-2-3-9-23/h4-7,10,12H,2-3,8-9,11H2,1H3,(H,21,24). The van der Waals surface area contributed by atoms with Gasteiger partial charge in [-0.1, -0.05) is 0 Å². The summed E-state index contributed by atoms with van der Waals surface area (Å²) in [6.45, 7) is 4.33. The van der Waals surface area contributed by atoms with Crippen molar-refractivity contribution in [2.24, 2.45) is 0 Å². The van der Waals surface area contributed by atoms with Gasteiger partial charge in [-0.2, -0.15) is 0 Å². The Hall–Kier alpha value is -2.67. The summed E-state index contributed by atoms with van der Waals surface area (Å²) in [6, 6.07) is 7.73. The molecule has 6 nitrogen and oxygen atoms in total. The van der Waals surface area contributed by atoms with Crippen LogP contribution in [0.5, 0.6) is 0 Å². The molecule has 134 valence electrons. The van der Waals surface area contributed by atoms with Gasteiger partial charge in [-0.3, -0.25) is 4.79 Å². The minimum atomic E-state index is -0.199. The molecule has 4 heterocycles. The molecule has 0 unspecified atom stereocenters. The van der Waals surface area contributed by atoms with Crippen LogP contribution in [0, 0.1) is 6.92 Å². The molecule has 0 aliphatic carbocycles. The monoisotopic (exact) mass is 368 g/mol.